The molecule has 2 unspecified atom stereocenters. The van der Waals surface area contributed by atoms with Gasteiger partial charge in [0.2, 0.25) is 0 Å². The van der Waals surface area contributed by atoms with E-state index in [1.54, 1.807) is 6.92 Å². The number of carbonyl (C=O) groups excluding carboxylic acids is 1. The van der Waals surface area contributed by atoms with Crippen LogP contribution in [0.2, 0.25) is 0 Å². The van der Waals surface area contributed by atoms with Gasteiger partial charge in [0.1, 0.15) is 6.10 Å². The van der Waals surface area contributed by atoms with E-state index in [4.69, 9.17) is 4.74 Å². The first-order valence-electron chi connectivity index (χ1n) is 3.68. The normalized spacial score (nSPS) is 12.3. The molecule has 0 aliphatic rings. The van der Waals surface area contributed by atoms with Crippen LogP contribution in [0.15, 0.2) is 12.2 Å². The molecular weight excluding hydrogens is 159 g/mol. The molecule has 0 aliphatic carbocycles. The lowest BCUT2D eigenvalue weighted by atomic mass is 10.3. The van der Waals surface area contributed by atoms with Crippen molar-refractivity contribution in [3.8, 4) is 0 Å². The van der Waals surface area contributed by atoms with Crippen molar-refractivity contribution in [2.24, 2.45) is 0 Å². The Morgan fingerprint density at radius 1 is 1.73 bits per heavy atom. The molecule has 0 saturated heterocycles. The predicted octanol–water partition coefficient (Wildman–Crippen LogP) is 1.76. The van der Waals surface area contributed by atoms with E-state index in [1.165, 1.54) is 0 Å². The third-order valence-electron chi connectivity index (χ3n) is 1.34. The number of esters is 1. The maximum Gasteiger partial charge on any atom is 0.333 e. The summed E-state index contributed by atoms with van der Waals surface area (Å²) < 4.78 is 5.05. The minimum Gasteiger partial charge on any atom is -0.459 e. The molecular formula is C8H15O2P. The molecule has 64 valence electrons. The van der Waals surface area contributed by atoms with Gasteiger partial charge >= 0.3 is 5.97 Å². The molecule has 0 rings (SSSR count). The van der Waals surface area contributed by atoms with Gasteiger partial charge in [-0.2, -0.15) is 0 Å². The third-order valence-corrected chi connectivity index (χ3v) is 1.87. The smallest absolute Gasteiger partial charge is 0.333 e. The van der Waals surface area contributed by atoms with Crippen LogP contribution in [0.5, 0.6) is 0 Å². The van der Waals surface area contributed by atoms with Crippen LogP contribution in [0, 0.1) is 0 Å². The highest BCUT2D eigenvalue weighted by molar-refractivity contribution is 7.16. The second-order valence-corrected chi connectivity index (χ2v) is 2.92. The van der Waals surface area contributed by atoms with E-state index in [1.807, 2.05) is 6.92 Å². The standard InChI is InChI=1S/C8H15O2P/c1-4-7(5-11)10-8(9)6(2)3/h7H,2,4-5,11H2,1,3H3. The Hall–Kier alpha value is -0.360. The van der Waals surface area contributed by atoms with Crippen LogP contribution >= 0.6 is 9.24 Å². The molecule has 0 bridgehead atoms. The van der Waals surface area contributed by atoms with Gasteiger partial charge in [-0.1, -0.05) is 13.5 Å². The van der Waals surface area contributed by atoms with E-state index in [2.05, 4.69) is 15.8 Å². The average Bonchev–Trinajstić information content (AvgIpc) is 1.99. The number of hydrogen-bond acceptors (Lipinski definition) is 2. The fourth-order valence-corrected chi connectivity index (χ4v) is 0.980. The molecule has 0 amide bonds. The lowest BCUT2D eigenvalue weighted by Gasteiger charge is -2.13. The summed E-state index contributed by atoms with van der Waals surface area (Å²) in [4.78, 5) is 10.9. The molecule has 11 heavy (non-hydrogen) atoms. The van der Waals surface area contributed by atoms with Crippen molar-refractivity contribution in [2.75, 3.05) is 6.16 Å². The Morgan fingerprint density at radius 2 is 2.27 bits per heavy atom. The lowest BCUT2D eigenvalue weighted by molar-refractivity contribution is -0.143. The van der Waals surface area contributed by atoms with Crippen molar-refractivity contribution in [1.82, 2.24) is 0 Å². The molecule has 0 saturated carbocycles. The first kappa shape index (κ1) is 10.6. The van der Waals surface area contributed by atoms with Crippen LogP contribution in [0.3, 0.4) is 0 Å². The molecule has 0 spiro atoms. The van der Waals surface area contributed by atoms with Gasteiger partial charge in [-0.05, 0) is 19.5 Å². The second kappa shape index (κ2) is 5.31. The fourth-order valence-electron chi connectivity index (χ4n) is 0.550. The van der Waals surface area contributed by atoms with Gasteiger partial charge in [-0.3, -0.25) is 0 Å². The van der Waals surface area contributed by atoms with E-state index < -0.39 is 0 Å². The van der Waals surface area contributed by atoms with Gasteiger partial charge in [0.05, 0.1) is 0 Å². The summed E-state index contributed by atoms with van der Waals surface area (Å²) in [5.74, 6) is -0.292. The molecule has 2 nitrogen and oxygen atoms in total. The highest BCUT2D eigenvalue weighted by Crippen LogP contribution is 2.05. The van der Waals surface area contributed by atoms with Crippen LogP contribution in [0.1, 0.15) is 20.3 Å². The molecule has 0 aliphatic heterocycles. The van der Waals surface area contributed by atoms with E-state index in [9.17, 15) is 4.79 Å². The van der Waals surface area contributed by atoms with Gasteiger partial charge in [0.25, 0.3) is 0 Å². The second-order valence-electron chi connectivity index (χ2n) is 2.45. The van der Waals surface area contributed by atoms with Gasteiger partial charge in [-0.25, -0.2) is 4.79 Å². The van der Waals surface area contributed by atoms with E-state index >= 15 is 0 Å². The van der Waals surface area contributed by atoms with Crippen molar-refractivity contribution in [1.29, 1.82) is 0 Å². The minimum atomic E-state index is -0.292. The largest absolute Gasteiger partial charge is 0.459 e. The summed E-state index contributed by atoms with van der Waals surface area (Å²) in [6.07, 6.45) is 1.65. The van der Waals surface area contributed by atoms with Crippen LogP contribution in [-0.2, 0) is 9.53 Å². The first-order chi connectivity index (χ1) is 5.11. The molecule has 0 aromatic carbocycles. The topological polar surface area (TPSA) is 26.3 Å². The minimum absolute atomic E-state index is 0.0178. The van der Waals surface area contributed by atoms with Crippen molar-refractivity contribution >= 4 is 15.2 Å². The van der Waals surface area contributed by atoms with E-state index in [0.29, 0.717) is 5.57 Å². The zero-order valence-corrected chi connectivity index (χ0v) is 8.25. The van der Waals surface area contributed by atoms with E-state index in [-0.39, 0.29) is 12.1 Å². The SMILES string of the molecule is C=C(C)C(=O)OC(CC)CP. The Labute approximate surface area is 70.2 Å². The third kappa shape index (κ3) is 4.15. The molecule has 0 fully saturated rings. The quantitative estimate of drug-likeness (QED) is 0.369. The van der Waals surface area contributed by atoms with Gasteiger partial charge in [0, 0.05) is 5.57 Å². The molecule has 3 heteroatoms. The molecule has 2 atom stereocenters. The highest BCUT2D eigenvalue weighted by atomic mass is 31.0. The number of rotatable bonds is 4. The molecule has 0 N–H and O–H groups in total. The summed E-state index contributed by atoms with van der Waals surface area (Å²) >= 11 is 0. The first-order valence-corrected chi connectivity index (χ1v) is 4.50. The number of ether oxygens (including phenoxy) is 1. The lowest BCUT2D eigenvalue weighted by Crippen LogP contribution is -2.18. The van der Waals surface area contributed by atoms with Gasteiger partial charge in [0.15, 0.2) is 0 Å². The Balaban J connectivity index is 3.81. The maximum absolute atomic E-state index is 10.9. The van der Waals surface area contributed by atoms with Crippen LogP contribution in [-0.4, -0.2) is 18.2 Å². The fraction of sp³-hybridized carbons (Fsp3) is 0.625. The molecule has 0 radical (unpaired) electrons. The molecule has 0 heterocycles. The zero-order valence-electron chi connectivity index (χ0n) is 7.09. The van der Waals surface area contributed by atoms with Crippen LogP contribution in [0.25, 0.3) is 0 Å². The predicted molar refractivity (Wildman–Crippen MR) is 49.6 cm³/mol. The van der Waals surface area contributed by atoms with E-state index in [0.717, 1.165) is 12.6 Å². The van der Waals surface area contributed by atoms with Crippen LogP contribution < -0.4 is 0 Å². The van der Waals surface area contributed by atoms with Crippen LogP contribution in [0.4, 0.5) is 0 Å². The van der Waals surface area contributed by atoms with Gasteiger partial charge in [-0.15, -0.1) is 9.24 Å². The van der Waals surface area contributed by atoms with Crippen molar-refractivity contribution in [3.05, 3.63) is 12.2 Å². The number of carbonyl (C=O) groups is 1. The zero-order chi connectivity index (χ0) is 8.85. The van der Waals surface area contributed by atoms with Gasteiger partial charge < -0.3 is 4.74 Å². The molecule has 0 aromatic heterocycles. The number of hydrogen-bond donors (Lipinski definition) is 0. The van der Waals surface area contributed by atoms with Crippen molar-refractivity contribution < 1.29 is 9.53 Å². The summed E-state index contributed by atoms with van der Waals surface area (Å²) in [5, 5.41) is 0. The average molecular weight is 174 g/mol. The Morgan fingerprint density at radius 3 is 2.55 bits per heavy atom. The summed E-state index contributed by atoms with van der Waals surface area (Å²) in [6.45, 7) is 7.13. The maximum atomic E-state index is 10.9. The summed E-state index contributed by atoms with van der Waals surface area (Å²) in [6, 6.07) is 0. The summed E-state index contributed by atoms with van der Waals surface area (Å²) in [5.41, 5.74) is 0.460. The molecule has 0 aromatic rings. The monoisotopic (exact) mass is 174 g/mol. The highest BCUT2D eigenvalue weighted by Gasteiger charge is 2.09. The Bertz CT molecular complexity index is 150. The summed E-state index contributed by atoms with van der Waals surface area (Å²) in [7, 11) is 2.55. The Kier molecular flexibility index (Phi) is 5.14. The van der Waals surface area contributed by atoms with Crippen molar-refractivity contribution in [2.45, 2.75) is 26.4 Å². The van der Waals surface area contributed by atoms with Crippen molar-refractivity contribution in [3.63, 3.8) is 0 Å².